The molecule has 0 saturated heterocycles. The van der Waals surface area contributed by atoms with Gasteiger partial charge in [-0.15, -0.1) is 0 Å². The Kier molecular flexibility index (Phi) is 6.09. The highest BCUT2D eigenvalue weighted by Gasteiger charge is 2.11. The van der Waals surface area contributed by atoms with Crippen LogP contribution in [0.4, 0.5) is 11.4 Å². The molecule has 0 unspecified atom stereocenters. The molecule has 6 heteroatoms. The van der Waals surface area contributed by atoms with Crippen molar-refractivity contribution in [3.05, 3.63) is 36.4 Å². The predicted molar refractivity (Wildman–Crippen MR) is 75.9 cm³/mol. The summed E-state index contributed by atoms with van der Waals surface area (Å²) in [6, 6.07) is 4.64. The average molecular weight is 278 g/mol. The highest BCUT2D eigenvalue weighted by Crippen LogP contribution is 2.16. The summed E-state index contributed by atoms with van der Waals surface area (Å²) in [6.07, 6.45) is 2.28. The van der Waals surface area contributed by atoms with Gasteiger partial charge in [0.25, 0.3) is 0 Å². The van der Waals surface area contributed by atoms with Crippen molar-refractivity contribution in [3.63, 3.8) is 0 Å². The second-order valence-corrected chi connectivity index (χ2v) is 4.06. The van der Waals surface area contributed by atoms with Gasteiger partial charge < -0.3 is 20.9 Å². The van der Waals surface area contributed by atoms with Gasteiger partial charge in [-0.3, -0.25) is 0 Å². The van der Waals surface area contributed by atoms with Crippen molar-refractivity contribution in [3.8, 4) is 0 Å². The Balaban J connectivity index is 2.28. The lowest BCUT2D eigenvalue weighted by Crippen LogP contribution is -2.10. The first-order valence-electron chi connectivity index (χ1n) is 6.16. The molecular formula is C14H18N2O4. The first kappa shape index (κ1) is 15.6. The molecule has 0 amide bonds. The van der Waals surface area contributed by atoms with Crippen molar-refractivity contribution in [2.75, 3.05) is 24.7 Å². The van der Waals surface area contributed by atoms with Crippen LogP contribution in [0.2, 0.25) is 0 Å². The van der Waals surface area contributed by atoms with Gasteiger partial charge in [0.05, 0.1) is 18.8 Å². The van der Waals surface area contributed by atoms with Gasteiger partial charge in [-0.25, -0.2) is 9.59 Å². The largest absolute Gasteiger partial charge is 0.463 e. The number of unbranched alkanes of at least 4 members (excludes halogenated alkanes) is 1. The van der Waals surface area contributed by atoms with E-state index in [1.165, 1.54) is 6.07 Å². The Morgan fingerprint density at radius 1 is 1.15 bits per heavy atom. The van der Waals surface area contributed by atoms with Gasteiger partial charge in [0, 0.05) is 17.5 Å². The number of hydrogen-bond donors (Lipinski definition) is 2. The fourth-order valence-electron chi connectivity index (χ4n) is 1.43. The van der Waals surface area contributed by atoms with Gasteiger partial charge >= 0.3 is 11.9 Å². The molecule has 1 aromatic rings. The number of esters is 2. The van der Waals surface area contributed by atoms with Gasteiger partial charge in [0.1, 0.15) is 0 Å². The molecule has 1 aromatic carbocycles. The topological polar surface area (TPSA) is 105 Å². The van der Waals surface area contributed by atoms with Gasteiger partial charge in [-0.1, -0.05) is 6.58 Å². The Hall–Kier alpha value is -2.50. The van der Waals surface area contributed by atoms with E-state index < -0.39 is 11.9 Å². The highest BCUT2D eigenvalue weighted by molar-refractivity contribution is 5.96. The molecule has 0 aliphatic rings. The maximum Gasteiger partial charge on any atom is 0.340 e. The Morgan fingerprint density at radius 3 is 2.45 bits per heavy atom. The highest BCUT2D eigenvalue weighted by atomic mass is 16.5. The normalized spacial score (nSPS) is 9.80. The number of carbonyl (C=O) groups excluding carboxylic acids is 2. The summed E-state index contributed by atoms with van der Waals surface area (Å²) < 4.78 is 9.85. The van der Waals surface area contributed by atoms with Crippen LogP contribution in [0.15, 0.2) is 30.9 Å². The molecule has 0 bridgehead atoms. The number of hydrogen-bond acceptors (Lipinski definition) is 6. The number of benzene rings is 1. The molecule has 6 nitrogen and oxygen atoms in total. The number of rotatable bonds is 7. The minimum Gasteiger partial charge on any atom is -0.463 e. The second kappa shape index (κ2) is 7.83. The van der Waals surface area contributed by atoms with Crippen molar-refractivity contribution in [2.24, 2.45) is 0 Å². The maximum atomic E-state index is 11.7. The fourth-order valence-corrected chi connectivity index (χ4v) is 1.43. The molecule has 0 aromatic heterocycles. The van der Waals surface area contributed by atoms with E-state index in [1.54, 1.807) is 12.1 Å². The van der Waals surface area contributed by atoms with Crippen LogP contribution in [0.5, 0.6) is 0 Å². The summed E-state index contributed by atoms with van der Waals surface area (Å²) in [7, 11) is 0. The first-order valence-corrected chi connectivity index (χ1v) is 6.16. The van der Waals surface area contributed by atoms with E-state index >= 15 is 0 Å². The summed E-state index contributed by atoms with van der Waals surface area (Å²) in [5, 5.41) is 0. The lowest BCUT2D eigenvalue weighted by molar-refractivity contribution is -0.137. The molecule has 0 aliphatic carbocycles. The summed E-state index contributed by atoms with van der Waals surface area (Å²) in [5.74, 6) is -0.979. The van der Waals surface area contributed by atoms with E-state index in [4.69, 9.17) is 20.9 Å². The zero-order valence-electron chi connectivity index (χ0n) is 11.1. The third-order valence-electron chi connectivity index (χ3n) is 2.48. The van der Waals surface area contributed by atoms with Gasteiger partial charge in [-0.2, -0.15) is 0 Å². The second-order valence-electron chi connectivity index (χ2n) is 4.06. The molecule has 20 heavy (non-hydrogen) atoms. The van der Waals surface area contributed by atoms with E-state index in [9.17, 15) is 9.59 Å². The number of anilines is 2. The number of nitrogen functional groups attached to an aromatic ring is 2. The van der Waals surface area contributed by atoms with Gasteiger partial charge in [0.15, 0.2) is 0 Å². The minimum absolute atomic E-state index is 0.221. The third kappa shape index (κ3) is 5.01. The van der Waals surface area contributed by atoms with Crippen LogP contribution < -0.4 is 11.5 Å². The van der Waals surface area contributed by atoms with Crippen LogP contribution in [0, 0.1) is 0 Å². The zero-order chi connectivity index (χ0) is 15.0. The van der Waals surface area contributed by atoms with Gasteiger partial charge in [-0.05, 0) is 31.0 Å². The molecule has 4 N–H and O–H groups in total. The summed E-state index contributed by atoms with van der Waals surface area (Å²) in [5.41, 5.74) is 12.3. The number of carbonyl (C=O) groups is 2. The zero-order valence-corrected chi connectivity index (χ0v) is 11.1. The molecular weight excluding hydrogens is 260 g/mol. The van der Waals surface area contributed by atoms with E-state index in [2.05, 4.69) is 6.58 Å². The Labute approximate surface area is 117 Å². The van der Waals surface area contributed by atoms with Gasteiger partial charge in [0.2, 0.25) is 0 Å². The quantitative estimate of drug-likeness (QED) is 0.339. The van der Waals surface area contributed by atoms with Crippen molar-refractivity contribution in [2.45, 2.75) is 12.8 Å². The minimum atomic E-state index is -0.516. The van der Waals surface area contributed by atoms with E-state index in [0.717, 1.165) is 6.08 Å². The summed E-state index contributed by atoms with van der Waals surface area (Å²) in [4.78, 5) is 22.5. The Morgan fingerprint density at radius 2 is 1.80 bits per heavy atom. The van der Waals surface area contributed by atoms with Crippen molar-refractivity contribution in [1.82, 2.24) is 0 Å². The molecule has 108 valence electrons. The van der Waals surface area contributed by atoms with Crippen molar-refractivity contribution >= 4 is 23.3 Å². The first-order chi connectivity index (χ1) is 9.54. The van der Waals surface area contributed by atoms with E-state index in [-0.39, 0.29) is 18.8 Å². The molecule has 0 saturated carbocycles. The SMILES string of the molecule is C=CC(=O)OCCCCOC(=O)c1cc(N)ccc1N. The van der Waals surface area contributed by atoms with Crippen molar-refractivity contribution < 1.29 is 19.1 Å². The molecule has 0 fully saturated rings. The summed E-state index contributed by atoms with van der Waals surface area (Å²) in [6.45, 7) is 3.77. The third-order valence-corrected chi connectivity index (χ3v) is 2.48. The lowest BCUT2D eigenvalue weighted by Gasteiger charge is -2.07. The average Bonchev–Trinajstić information content (AvgIpc) is 2.44. The van der Waals surface area contributed by atoms with Crippen LogP contribution in [0.25, 0.3) is 0 Å². The van der Waals surface area contributed by atoms with Crippen molar-refractivity contribution in [1.29, 1.82) is 0 Å². The molecule has 0 atom stereocenters. The van der Waals surface area contributed by atoms with Crippen LogP contribution in [0.1, 0.15) is 23.2 Å². The van der Waals surface area contributed by atoms with E-state index in [0.29, 0.717) is 24.2 Å². The smallest absolute Gasteiger partial charge is 0.340 e. The number of ether oxygens (including phenoxy) is 2. The monoisotopic (exact) mass is 278 g/mol. The molecule has 1 rings (SSSR count). The molecule has 0 radical (unpaired) electrons. The maximum absolute atomic E-state index is 11.7. The predicted octanol–water partition coefficient (Wildman–Crippen LogP) is 1.52. The van der Waals surface area contributed by atoms with Crippen LogP contribution in [-0.4, -0.2) is 25.2 Å². The Bertz CT molecular complexity index is 500. The number of nitrogens with two attached hydrogens (primary N) is 2. The standard InChI is InChI=1S/C14H18N2O4/c1-2-13(17)19-7-3-4-8-20-14(18)11-9-10(15)5-6-12(11)16/h2,5-6,9H,1,3-4,7-8,15-16H2. The van der Waals surface area contributed by atoms with E-state index in [1.807, 2.05) is 0 Å². The molecule has 0 aliphatic heterocycles. The lowest BCUT2D eigenvalue weighted by atomic mass is 10.1. The summed E-state index contributed by atoms with van der Waals surface area (Å²) >= 11 is 0. The van der Waals surface area contributed by atoms with Crippen LogP contribution in [0.3, 0.4) is 0 Å². The van der Waals surface area contributed by atoms with Crippen LogP contribution >= 0.6 is 0 Å². The van der Waals surface area contributed by atoms with Crippen LogP contribution in [-0.2, 0) is 14.3 Å². The fraction of sp³-hybridized carbons (Fsp3) is 0.286. The molecule has 0 heterocycles. The molecule has 0 spiro atoms.